The zero-order valence-electron chi connectivity index (χ0n) is 9.49. The largest absolute Gasteiger partial charge is 0.409 e. The maximum Gasteiger partial charge on any atom is 0.172 e. The summed E-state index contributed by atoms with van der Waals surface area (Å²) in [7, 11) is 0. The predicted molar refractivity (Wildman–Crippen MR) is 70.9 cm³/mol. The van der Waals surface area contributed by atoms with E-state index >= 15 is 0 Å². The van der Waals surface area contributed by atoms with E-state index in [4.69, 9.17) is 10.9 Å². The highest BCUT2D eigenvalue weighted by Crippen LogP contribution is 2.28. The van der Waals surface area contributed by atoms with Crippen LogP contribution in [0.25, 0.3) is 0 Å². The fourth-order valence-corrected chi connectivity index (χ4v) is 2.35. The molecule has 1 aliphatic rings. The molecule has 1 aliphatic heterocycles. The lowest BCUT2D eigenvalue weighted by molar-refractivity contribution is 0.0572. The van der Waals surface area contributed by atoms with Gasteiger partial charge < -0.3 is 26.1 Å². The normalized spacial score (nSPS) is 24.6. The quantitative estimate of drug-likeness (QED) is 0.268. The SMILES string of the molecule is N/C(=N/O)c1ccc(Br)cc1N1CC(O)C(O)C1. The van der Waals surface area contributed by atoms with Crippen LogP contribution in [-0.4, -0.2) is 46.6 Å². The molecule has 5 N–H and O–H groups in total. The minimum atomic E-state index is -0.788. The third-order valence-corrected chi connectivity index (χ3v) is 3.44. The zero-order chi connectivity index (χ0) is 13.3. The Bertz CT molecular complexity index is 471. The smallest absolute Gasteiger partial charge is 0.172 e. The molecular formula is C11H14BrN3O3. The van der Waals surface area contributed by atoms with Gasteiger partial charge in [0.05, 0.1) is 12.2 Å². The van der Waals surface area contributed by atoms with Gasteiger partial charge in [0.25, 0.3) is 0 Å². The molecule has 0 amide bonds. The lowest BCUT2D eigenvalue weighted by Gasteiger charge is -2.21. The predicted octanol–water partition coefficient (Wildman–Crippen LogP) is 0.0854. The molecule has 0 aliphatic carbocycles. The number of oxime groups is 1. The minimum absolute atomic E-state index is 0.00613. The van der Waals surface area contributed by atoms with Crippen LogP contribution >= 0.6 is 15.9 Å². The summed E-state index contributed by atoms with van der Waals surface area (Å²) in [6.07, 6.45) is -1.58. The lowest BCUT2D eigenvalue weighted by Crippen LogP contribution is -2.25. The number of anilines is 1. The highest BCUT2D eigenvalue weighted by Gasteiger charge is 2.31. The first-order chi connectivity index (χ1) is 8.52. The lowest BCUT2D eigenvalue weighted by atomic mass is 10.1. The maximum atomic E-state index is 9.57. The number of nitrogens with zero attached hydrogens (tertiary/aromatic N) is 2. The van der Waals surface area contributed by atoms with E-state index in [9.17, 15) is 10.2 Å². The van der Waals surface area contributed by atoms with Crippen LogP contribution in [0.5, 0.6) is 0 Å². The topological polar surface area (TPSA) is 102 Å². The van der Waals surface area contributed by atoms with Gasteiger partial charge in [0, 0.05) is 28.8 Å². The Morgan fingerprint density at radius 3 is 2.50 bits per heavy atom. The van der Waals surface area contributed by atoms with E-state index < -0.39 is 12.2 Å². The molecule has 7 heteroatoms. The van der Waals surface area contributed by atoms with Crippen LogP contribution in [0.3, 0.4) is 0 Å². The molecule has 2 unspecified atom stereocenters. The van der Waals surface area contributed by atoms with Crippen LogP contribution in [-0.2, 0) is 0 Å². The number of amidine groups is 1. The van der Waals surface area contributed by atoms with Crippen LogP contribution in [0.1, 0.15) is 5.56 Å². The van der Waals surface area contributed by atoms with Gasteiger partial charge in [0.1, 0.15) is 0 Å². The number of aliphatic hydroxyl groups excluding tert-OH is 2. The summed E-state index contributed by atoms with van der Waals surface area (Å²) in [5.74, 6) is -0.00613. The number of hydrogen-bond acceptors (Lipinski definition) is 5. The summed E-state index contributed by atoms with van der Waals surface area (Å²) >= 11 is 3.35. The van der Waals surface area contributed by atoms with Gasteiger partial charge in [-0.15, -0.1) is 0 Å². The van der Waals surface area contributed by atoms with Gasteiger partial charge in [-0.1, -0.05) is 21.1 Å². The Morgan fingerprint density at radius 2 is 1.94 bits per heavy atom. The van der Waals surface area contributed by atoms with E-state index in [1.807, 2.05) is 0 Å². The summed E-state index contributed by atoms with van der Waals surface area (Å²) in [5, 5.41) is 30.9. The van der Waals surface area contributed by atoms with Gasteiger partial charge in [-0.05, 0) is 18.2 Å². The fraction of sp³-hybridized carbons (Fsp3) is 0.364. The molecule has 0 saturated carbocycles. The molecule has 0 spiro atoms. The third kappa shape index (κ3) is 2.43. The standard InChI is InChI=1S/C11H14BrN3O3/c12-6-1-2-7(11(13)14-18)8(3-6)15-4-9(16)10(17)5-15/h1-3,9-10,16-18H,4-5H2,(H2,13,14). The van der Waals surface area contributed by atoms with Crippen molar-refractivity contribution in [1.29, 1.82) is 0 Å². The fourth-order valence-electron chi connectivity index (χ4n) is 2.00. The number of benzene rings is 1. The third-order valence-electron chi connectivity index (χ3n) is 2.94. The molecule has 18 heavy (non-hydrogen) atoms. The van der Waals surface area contributed by atoms with E-state index in [2.05, 4.69) is 21.1 Å². The van der Waals surface area contributed by atoms with Gasteiger partial charge in [-0.3, -0.25) is 0 Å². The second-order valence-electron chi connectivity index (χ2n) is 4.19. The van der Waals surface area contributed by atoms with Gasteiger partial charge in [-0.2, -0.15) is 0 Å². The molecule has 1 heterocycles. The summed E-state index contributed by atoms with van der Waals surface area (Å²) < 4.78 is 0.836. The van der Waals surface area contributed by atoms with Crippen molar-refractivity contribution in [2.75, 3.05) is 18.0 Å². The number of aliphatic hydroxyl groups is 2. The van der Waals surface area contributed by atoms with E-state index in [1.165, 1.54) is 0 Å². The van der Waals surface area contributed by atoms with Crippen LogP contribution in [0.2, 0.25) is 0 Å². The second-order valence-corrected chi connectivity index (χ2v) is 5.10. The van der Waals surface area contributed by atoms with Crippen LogP contribution < -0.4 is 10.6 Å². The zero-order valence-corrected chi connectivity index (χ0v) is 11.1. The number of halogens is 1. The van der Waals surface area contributed by atoms with Crippen molar-refractivity contribution in [2.24, 2.45) is 10.9 Å². The van der Waals surface area contributed by atoms with Crippen molar-refractivity contribution in [3.8, 4) is 0 Å². The van der Waals surface area contributed by atoms with Crippen LogP contribution in [0.15, 0.2) is 27.8 Å². The van der Waals surface area contributed by atoms with Crippen molar-refractivity contribution >= 4 is 27.5 Å². The molecule has 6 nitrogen and oxygen atoms in total. The molecule has 2 rings (SSSR count). The summed E-state index contributed by atoms with van der Waals surface area (Å²) in [6, 6.07) is 5.30. The number of rotatable bonds is 2. The highest BCUT2D eigenvalue weighted by atomic mass is 79.9. The average Bonchev–Trinajstić information content (AvgIpc) is 2.68. The first-order valence-corrected chi connectivity index (χ1v) is 6.20. The molecule has 0 radical (unpaired) electrons. The van der Waals surface area contributed by atoms with Crippen molar-refractivity contribution in [3.05, 3.63) is 28.2 Å². The van der Waals surface area contributed by atoms with E-state index in [0.29, 0.717) is 24.3 Å². The van der Waals surface area contributed by atoms with Crippen LogP contribution in [0, 0.1) is 0 Å². The second kappa shape index (κ2) is 5.13. The molecule has 98 valence electrons. The molecule has 1 fully saturated rings. The Hall–Kier alpha value is -1.31. The summed E-state index contributed by atoms with van der Waals surface area (Å²) in [5.41, 5.74) is 6.88. The summed E-state index contributed by atoms with van der Waals surface area (Å²) in [4.78, 5) is 1.80. The van der Waals surface area contributed by atoms with E-state index in [-0.39, 0.29) is 5.84 Å². The van der Waals surface area contributed by atoms with Gasteiger partial charge >= 0.3 is 0 Å². The number of β-amino-alcohol motifs (C(OH)–C–C–N with tert-alkyl or cyclic N) is 2. The van der Waals surface area contributed by atoms with Crippen molar-refractivity contribution < 1.29 is 15.4 Å². The minimum Gasteiger partial charge on any atom is -0.409 e. The Balaban J connectivity index is 2.40. The van der Waals surface area contributed by atoms with E-state index in [1.54, 1.807) is 23.1 Å². The Labute approximate surface area is 112 Å². The molecule has 1 saturated heterocycles. The Morgan fingerprint density at radius 1 is 1.33 bits per heavy atom. The average molecular weight is 316 g/mol. The molecule has 2 atom stereocenters. The molecule has 1 aromatic carbocycles. The van der Waals surface area contributed by atoms with E-state index in [0.717, 1.165) is 4.47 Å². The molecule has 0 aromatic heterocycles. The van der Waals surface area contributed by atoms with Gasteiger partial charge in [-0.25, -0.2) is 0 Å². The summed E-state index contributed by atoms with van der Waals surface area (Å²) in [6.45, 7) is 0.618. The van der Waals surface area contributed by atoms with Crippen molar-refractivity contribution in [1.82, 2.24) is 0 Å². The van der Waals surface area contributed by atoms with Gasteiger partial charge in [0.15, 0.2) is 5.84 Å². The Kier molecular flexibility index (Phi) is 3.74. The highest BCUT2D eigenvalue weighted by molar-refractivity contribution is 9.10. The molecule has 0 bridgehead atoms. The van der Waals surface area contributed by atoms with Crippen molar-refractivity contribution in [3.63, 3.8) is 0 Å². The molecular weight excluding hydrogens is 302 g/mol. The van der Waals surface area contributed by atoms with Crippen molar-refractivity contribution in [2.45, 2.75) is 12.2 Å². The van der Waals surface area contributed by atoms with Crippen LogP contribution in [0.4, 0.5) is 5.69 Å². The van der Waals surface area contributed by atoms with Gasteiger partial charge in [0.2, 0.25) is 0 Å². The maximum absolute atomic E-state index is 9.57. The number of hydrogen-bond donors (Lipinski definition) is 4. The first-order valence-electron chi connectivity index (χ1n) is 5.41. The molecule has 1 aromatic rings. The number of nitrogens with two attached hydrogens (primary N) is 1. The first kappa shape index (κ1) is 13.1. The monoisotopic (exact) mass is 315 g/mol.